The van der Waals surface area contributed by atoms with Crippen molar-refractivity contribution in [2.75, 3.05) is 0 Å². The minimum Gasteiger partial charge on any atom is -0.481 e. The molecule has 4 heteroatoms. The van der Waals surface area contributed by atoms with Crippen molar-refractivity contribution < 1.29 is 14.3 Å². The summed E-state index contributed by atoms with van der Waals surface area (Å²) >= 11 is 0. The molecule has 0 radical (unpaired) electrons. The van der Waals surface area contributed by atoms with Gasteiger partial charge in [-0.25, -0.2) is 4.98 Å². The lowest BCUT2D eigenvalue weighted by Crippen LogP contribution is -1.97. The zero-order valence-corrected chi connectivity index (χ0v) is 13.7. The molecule has 0 amide bonds. The first kappa shape index (κ1) is 16.0. The second-order valence-electron chi connectivity index (χ2n) is 5.92. The van der Waals surface area contributed by atoms with Gasteiger partial charge in [0.2, 0.25) is 0 Å². The van der Waals surface area contributed by atoms with Crippen LogP contribution in [0.15, 0.2) is 52.9 Å². The Bertz CT molecular complexity index is 846. The predicted molar refractivity (Wildman–Crippen MR) is 92.8 cm³/mol. The quantitative estimate of drug-likeness (QED) is 0.743. The second-order valence-corrected chi connectivity index (χ2v) is 5.92. The lowest BCUT2D eigenvalue weighted by Gasteiger charge is -2.04. The van der Waals surface area contributed by atoms with Gasteiger partial charge in [0.25, 0.3) is 0 Å². The third-order valence-electron chi connectivity index (χ3n) is 3.76. The fourth-order valence-corrected chi connectivity index (χ4v) is 2.78. The van der Waals surface area contributed by atoms with Gasteiger partial charge in [-0.3, -0.25) is 4.79 Å². The molecule has 0 spiro atoms. The number of carbonyl (C=O) groups is 1. The summed E-state index contributed by atoms with van der Waals surface area (Å²) in [6, 6.07) is 16.0. The minimum atomic E-state index is -0.859. The number of nitrogens with zero attached hydrogens (tertiary/aromatic N) is 1. The number of hydrogen-bond acceptors (Lipinski definition) is 3. The molecule has 1 aromatic heterocycles. The van der Waals surface area contributed by atoms with E-state index in [1.165, 1.54) is 0 Å². The van der Waals surface area contributed by atoms with Gasteiger partial charge in [-0.1, -0.05) is 47.5 Å². The molecule has 0 atom stereocenters. The van der Waals surface area contributed by atoms with Crippen molar-refractivity contribution >= 4 is 5.97 Å². The molecule has 4 nitrogen and oxygen atoms in total. The molecule has 0 aliphatic carbocycles. The average molecular weight is 321 g/mol. The van der Waals surface area contributed by atoms with E-state index < -0.39 is 5.97 Å². The Hall–Kier alpha value is -2.88. The molecule has 24 heavy (non-hydrogen) atoms. The van der Waals surface area contributed by atoms with E-state index in [0.717, 1.165) is 27.9 Å². The molecular weight excluding hydrogens is 302 g/mol. The van der Waals surface area contributed by atoms with Gasteiger partial charge in [-0.05, 0) is 26.0 Å². The lowest BCUT2D eigenvalue weighted by atomic mass is 10.0. The topological polar surface area (TPSA) is 63.3 Å². The van der Waals surface area contributed by atoms with Gasteiger partial charge in [0.05, 0.1) is 6.42 Å². The molecule has 0 aliphatic heterocycles. The summed E-state index contributed by atoms with van der Waals surface area (Å²) in [7, 11) is 0. The fourth-order valence-electron chi connectivity index (χ4n) is 2.78. The van der Waals surface area contributed by atoms with E-state index in [4.69, 9.17) is 9.52 Å². The Morgan fingerprint density at radius 1 is 1.04 bits per heavy atom. The molecule has 0 saturated carbocycles. The van der Waals surface area contributed by atoms with E-state index in [0.29, 0.717) is 11.7 Å². The summed E-state index contributed by atoms with van der Waals surface area (Å²) in [6.07, 6.45) is 0.279. The Labute approximate surface area is 140 Å². The van der Waals surface area contributed by atoms with Crippen molar-refractivity contribution in [3.05, 3.63) is 65.5 Å². The van der Waals surface area contributed by atoms with Gasteiger partial charge >= 0.3 is 5.97 Å². The number of aryl methyl sites for hydroxylation is 3. The highest BCUT2D eigenvalue weighted by Gasteiger charge is 2.17. The van der Waals surface area contributed by atoms with Crippen LogP contribution in [0.4, 0.5) is 0 Å². The third-order valence-corrected chi connectivity index (χ3v) is 3.76. The van der Waals surface area contributed by atoms with E-state index in [9.17, 15) is 4.79 Å². The number of hydrogen-bond donors (Lipinski definition) is 1. The maximum Gasteiger partial charge on any atom is 0.303 e. The number of oxazole rings is 1. The van der Waals surface area contributed by atoms with Crippen molar-refractivity contribution in [2.24, 2.45) is 0 Å². The van der Waals surface area contributed by atoms with Gasteiger partial charge in [-0.2, -0.15) is 0 Å². The van der Waals surface area contributed by atoms with Crippen LogP contribution in [0.5, 0.6) is 0 Å². The maximum atomic E-state index is 10.8. The zero-order chi connectivity index (χ0) is 17.1. The smallest absolute Gasteiger partial charge is 0.303 e. The highest BCUT2D eigenvalue weighted by Crippen LogP contribution is 2.33. The molecular formula is C20H19NO3. The Kier molecular flexibility index (Phi) is 4.47. The predicted octanol–water partition coefficient (Wildman–Crippen LogP) is 4.64. The lowest BCUT2D eigenvalue weighted by molar-refractivity contribution is -0.137. The second kappa shape index (κ2) is 6.71. The molecule has 1 heterocycles. The monoisotopic (exact) mass is 321 g/mol. The molecule has 3 aromatic rings. The van der Waals surface area contributed by atoms with Crippen molar-refractivity contribution in [3.8, 4) is 22.6 Å². The highest BCUT2D eigenvalue weighted by atomic mass is 16.4. The molecule has 0 aliphatic rings. The summed E-state index contributed by atoms with van der Waals surface area (Å²) in [4.78, 5) is 15.4. The van der Waals surface area contributed by atoms with Crippen LogP contribution < -0.4 is 0 Å². The van der Waals surface area contributed by atoms with Gasteiger partial charge in [0.15, 0.2) is 11.7 Å². The van der Waals surface area contributed by atoms with E-state index in [2.05, 4.69) is 23.2 Å². The van der Waals surface area contributed by atoms with Gasteiger partial charge in [-0.15, -0.1) is 0 Å². The first-order valence-corrected chi connectivity index (χ1v) is 7.88. The van der Waals surface area contributed by atoms with Crippen LogP contribution >= 0.6 is 0 Å². The molecule has 122 valence electrons. The van der Waals surface area contributed by atoms with Gasteiger partial charge in [0, 0.05) is 17.5 Å². The average Bonchev–Trinajstić information content (AvgIpc) is 2.97. The highest BCUT2D eigenvalue weighted by molar-refractivity contribution is 5.77. The summed E-state index contributed by atoms with van der Waals surface area (Å²) in [6.45, 7) is 4.08. The number of rotatable bonds is 5. The third kappa shape index (κ3) is 3.54. The number of aromatic nitrogens is 1. The summed E-state index contributed by atoms with van der Waals surface area (Å²) < 4.78 is 5.94. The molecule has 0 fully saturated rings. The first-order chi connectivity index (χ1) is 11.5. The van der Waals surface area contributed by atoms with Crippen LogP contribution in [0.25, 0.3) is 22.6 Å². The minimum absolute atomic E-state index is 0.00102. The summed E-state index contributed by atoms with van der Waals surface area (Å²) in [5.74, 6) is 0.279. The summed E-state index contributed by atoms with van der Waals surface area (Å²) in [5, 5.41) is 8.89. The maximum absolute atomic E-state index is 10.8. The van der Waals surface area contributed by atoms with Crippen LogP contribution in [0, 0.1) is 13.8 Å². The van der Waals surface area contributed by atoms with Crippen molar-refractivity contribution in [2.45, 2.75) is 26.7 Å². The van der Waals surface area contributed by atoms with Crippen LogP contribution in [-0.2, 0) is 11.2 Å². The molecule has 0 unspecified atom stereocenters. The number of benzene rings is 2. The van der Waals surface area contributed by atoms with Crippen LogP contribution in [0.1, 0.15) is 23.4 Å². The first-order valence-electron chi connectivity index (χ1n) is 7.88. The van der Waals surface area contributed by atoms with Crippen molar-refractivity contribution in [3.63, 3.8) is 0 Å². The van der Waals surface area contributed by atoms with E-state index in [1.807, 2.05) is 44.2 Å². The molecule has 0 saturated heterocycles. The van der Waals surface area contributed by atoms with Crippen LogP contribution in [0.2, 0.25) is 0 Å². The normalized spacial score (nSPS) is 10.8. The van der Waals surface area contributed by atoms with Gasteiger partial charge < -0.3 is 9.52 Å². The largest absolute Gasteiger partial charge is 0.481 e. The van der Waals surface area contributed by atoms with Crippen LogP contribution in [-0.4, -0.2) is 16.1 Å². The molecule has 2 aromatic carbocycles. The number of aliphatic carboxylic acids is 1. The molecule has 3 rings (SSSR count). The van der Waals surface area contributed by atoms with Crippen LogP contribution in [0.3, 0.4) is 0 Å². The number of carboxylic acids is 1. The van der Waals surface area contributed by atoms with Gasteiger partial charge in [0.1, 0.15) is 5.69 Å². The Balaban J connectivity index is 2.10. The zero-order valence-electron chi connectivity index (χ0n) is 13.7. The molecule has 0 bridgehead atoms. The number of carboxylic acid groups (broad SMARTS) is 1. The van der Waals surface area contributed by atoms with Crippen molar-refractivity contribution in [1.82, 2.24) is 4.98 Å². The Morgan fingerprint density at radius 3 is 2.33 bits per heavy atom. The summed E-state index contributed by atoms with van der Waals surface area (Å²) in [5.41, 5.74) is 4.96. The molecule has 1 N–H and O–H groups in total. The van der Waals surface area contributed by atoms with E-state index in [-0.39, 0.29) is 12.8 Å². The van der Waals surface area contributed by atoms with E-state index in [1.54, 1.807) is 0 Å². The standard InChI is InChI=1S/C20H19NO3/c1-13-10-14(2)12-16(11-13)20-19(15-6-4-3-5-7-15)21-17(24-20)8-9-18(22)23/h3-7,10-12H,8-9H2,1-2H3,(H,22,23). The fraction of sp³-hybridized carbons (Fsp3) is 0.200. The van der Waals surface area contributed by atoms with E-state index >= 15 is 0 Å². The Morgan fingerprint density at radius 2 is 1.71 bits per heavy atom. The van der Waals surface area contributed by atoms with Crippen molar-refractivity contribution in [1.29, 1.82) is 0 Å². The SMILES string of the molecule is Cc1cc(C)cc(-c2oc(CCC(=O)O)nc2-c2ccccc2)c1.